The van der Waals surface area contributed by atoms with Crippen molar-refractivity contribution in [3.63, 3.8) is 0 Å². The van der Waals surface area contributed by atoms with Crippen LogP contribution in [0.25, 0.3) is 10.4 Å². The number of hydrogen-bond acceptors (Lipinski definition) is 6. The van der Waals surface area contributed by atoms with Gasteiger partial charge in [-0.1, -0.05) is 48.2 Å². The van der Waals surface area contributed by atoms with Gasteiger partial charge in [0, 0.05) is 33.6 Å². The Hall–Kier alpha value is -1.09. The van der Waals surface area contributed by atoms with Crippen molar-refractivity contribution in [3.8, 4) is 10.4 Å². The third-order valence-electron chi connectivity index (χ3n) is 4.37. The van der Waals surface area contributed by atoms with Crippen LogP contribution in [0.4, 0.5) is 4.79 Å². The number of nitrogens with zero attached hydrogens (tertiary/aromatic N) is 1. The van der Waals surface area contributed by atoms with Gasteiger partial charge < -0.3 is 10.5 Å². The van der Waals surface area contributed by atoms with Crippen LogP contribution in [-0.2, 0) is 4.74 Å². The monoisotopic (exact) mass is 499 g/mol. The summed E-state index contributed by atoms with van der Waals surface area (Å²) in [5, 5.41) is 1.33. The van der Waals surface area contributed by atoms with Gasteiger partial charge in [-0.05, 0) is 50.8 Å². The zero-order valence-corrected chi connectivity index (χ0v) is 20.5. The van der Waals surface area contributed by atoms with Gasteiger partial charge in [0.1, 0.15) is 0 Å². The summed E-state index contributed by atoms with van der Waals surface area (Å²) < 4.78 is 8.86. The second-order valence-corrected chi connectivity index (χ2v) is 10.0. The van der Waals surface area contributed by atoms with E-state index < -0.39 is 6.09 Å². The average Bonchev–Trinajstić information content (AvgIpc) is 3.16. The third kappa shape index (κ3) is 8.28. The van der Waals surface area contributed by atoms with Gasteiger partial charge in [0.05, 0.1) is 16.0 Å². The molecule has 2 aromatic rings. The fraction of sp³-hybridized carbons (Fsp3) is 0.524. The standard InChI is InChI=1S/C17H21BrN2S2.C4H9NO2/c1-2-20-22-15-10-13(18)8-9-14(15)16-11-19-17(21-16)12-6-4-3-5-7-12;1-3(2)7-4(5)6/h8-12,20H,2-7H2,1H3;3H,1-2H3,(H2,5,6). The summed E-state index contributed by atoms with van der Waals surface area (Å²) >= 11 is 7.15. The highest BCUT2D eigenvalue weighted by Gasteiger charge is 2.19. The van der Waals surface area contributed by atoms with Crippen LogP contribution in [0.15, 0.2) is 33.8 Å². The molecule has 0 saturated heterocycles. The number of ether oxygens (including phenoxy) is 1. The molecule has 8 heteroatoms. The Morgan fingerprint density at radius 2 is 2.10 bits per heavy atom. The van der Waals surface area contributed by atoms with Crippen LogP contribution in [0.1, 0.15) is 63.8 Å². The van der Waals surface area contributed by atoms with Crippen molar-refractivity contribution < 1.29 is 9.53 Å². The van der Waals surface area contributed by atoms with Gasteiger partial charge in [0.2, 0.25) is 0 Å². The summed E-state index contributed by atoms with van der Waals surface area (Å²) in [6.45, 7) is 6.56. The molecule has 1 aliphatic carbocycles. The first-order valence-corrected chi connectivity index (χ1v) is 12.4. The minimum Gasteiger partial charge on any atom is -0.447 e. The van der Waals surface area contributed by atoms with Crippen molar-refractivity contribution in [1.29, 1.82) is 0 Å². The molecule has 29 heavy (non-hydrogen) atoms. The van der Waals surface area contributed by atoms with Crippen molar-refractivity contribution in [3.05, 3.63) is 33.9 Å². The molecule has 1 aliphatic rings. The summed E-state index contributed by atoms with van der Waals surface area (Å²) in [7, 11) is 0. The molecule has 3 rings (SSSR count). The van der Waals surface area contributed by atoms with E-state index in [0.717, 1.165) is 11.0 Å². The van der Waals surface area contributed by atoms with E-state index >= 15 is 0 Å². The van der Waals surface area contributed by atoms with Crippen LogP contribution >= 0.6 is 39.2 Å². The topological polar surface area (TPSA) is 77.2 Å². The highest BCUT2D eigenvalue weighted by molar-refractivity contribution is 9.10. The lowest BCUT2D eigenvalue weighted by Crippen LogP contribution is -2.17. The third-order valence-corrected chi connectivity index (χ3v) is 7.04. The number of amides is 1. The van der Waals surface area contributed by atoms with E-state index in [-0.39, 0.29) is 6.10 Å². The molecular formula is C21H30BrN3O2S2. The van der Waals surface area contributed by atoms with E-state index in [4.69, 9.17) is 4.98 Å². The molecule has 0 radical (unpaired) electrons. The van der Waals surface area contributed by atoms with Gasteiger partial charge in [-0.3, -0.25) is 4.72 Å². The molecule has 1 amide bonds. The first-order chi connectivity index (χ1) is 13.9. The lowest BCUT2D eigenvalue weighted by Gasteiger charge is -2.18. The zero-order valence-electron chi connectivity index (χ0n) is 17.2. The maximum absolute atomic E-state index is 9.81. The molecule has 160 valence electrons. The van der Waals surface area contributed by atoms with Crippen molar-refractivity contribution >= 4 is 45.3 Å². The van der Waals surface area contributed by atoms with E-state index in [2.05, 4.69) is 62.4 Å². The number of benzene rings is 1. The first kappa shape index (κ1) is 24.2. The number of nitrogens with one attached hydrogen (secondary N) is 1. The number of carbonyl (C=O) groups excluding carboxylic acids is 1. The molecule has 5 nitrogen and oxygen atoms in total. The summed E-state index contributed by atoms with van der Waals surface area (Å²) in [6, 6.07) is 6.50. The molecule has 1 saturated carbocycles. The van der Waals surface area contributed by atoms with Gasteiger partial charge in [0.15, 0.2) is 0 Å². The number of halogens is 1. The normalized spacial score (nSPS) is 14.4. The number of thiazole rings is 1. The Kier molecular flexibility index (Phi) is 10.5. The van der Waals surface area contributed by atoms with Crippen molar-refractivity contribution in [1.82, 2.24) is 9.71 Å². The molecule has 0 spiro atoms. The lowest BCUT2D eigenvalue weighted by atomic mass is 9.90. The molecule has 1 heterocycles. The van der Waals surface area contributed by atoms with E-state index in [1.807, 2.05) is 11.3 Å². The first-order valence-electron chi connectivity index (χ1n) is 10.0. The molecule has 0 unspecified atom stereocenters. The fourth-order valence-electron chi connectivity index (χ4n) is 3.12. The predicted octanol–water partition coefficient (Wildman–Crippen LogP) is 6.73. The van der Waals surface area contributed by atoms with E-state index in [0.29, 0.717) is 5.92 Å². The fourth-order valence-corrected chi connectivity index (χ4v) is 5.59. The van der Waals surface area contributed by atoms with Gasteiger partial charge in [-0.2, -0.15) is 0 Å². The van der Waals surface area contributed by atoms with Gasteiger partial charge in [0.25, 0.3) is 0 Å². The largest absolute Gasteiger partial charge is 0.447 e. The Morgan fingerprint density at radius 3 is 2.69 bits per heavy atom. The molecular weight excluding hydrogens is 470 g/mol. The van der Waals surface area contributed by atoms with Crippen LogP contribution < -0.4 is 10.5 Å². The minimum absolute atomic E-state index is 0.0995. The number of rotatable bonds is 6. The quantitative estimate of drug-likeness (QED) is 0.430. The van der Waals surface area contributed by atoms with E-state index in [9.17, 15) is 4.79 Å². The maximum atomic E-state index is 9.81. The Balaban J connectivity index is 0.000000370. The van der Waals surface area contributed by atoms with Gasteiger partial charge >= 0.3 is 6.09 Å². The SMILES string of the molecule is CC(C)OC(N)=O.CCNSc1cc(Br)ccc1-c1cnc(C2CCCCC2)s1. The molecule has 0 aliphatic heterocycles. The highest BCUT2D eigenvalue weighted by Crippen LogP contribution is 2.40. The second kappa shape index (κ2) is 12.6. The Bertz CT molecular complexity index is 777. The molecule has 0 atom stereocenters. The lowest BCUT2D eigenvalue weighted by molar-refractivity contribution is 0.125. The van der Waals surface area contributed by atoms with E-state index in [1.165, 1.54) is 52.4 Å². The second-order valence-electron chi connectivity index (χ2n) is 7.12. The number of primary amides is 1. The smallest absolute Gasteiger partial charge is 0.404 e. The number of hydrogen-bond donors (Lipinski definition) is 2. The average molecular weight is 501 g/mol. The Morgan fingerprint density at radius 1 is 1.38 bits per heavy atom. The van der Waals surface area contributed by atoms with Gasteiger partial charge in [-0.15, -0.1) is 11.3 Å². The molecule has 1 aromatic carbocycles. The summed E-state index contributed by atoms with van der Waals surface area (Å²) in [5.41, 5.74) is 5.92. The Labute approximate surface area is 190 Å². The number of carbonyl (C=O) groups is 1. The molecule has 1 fully saturated rings. The number of aromatic nitrogens is 1. The van der Waals surface area contributed by atoms with Crippen LogP contribution in [0.5, 0.6) is 0 Å². The summed E-state index contributed by atoms with van der Waals surface area (Å²) in [5.74, 6) is 0.688. The van der Waals surface area contributed by atoms with Gasteiger partial charge in [-0.25, -0.2) is 9.78 Å². The highest BCUT2D eigenvalue weighted by atomic mass is 79.9. The molecule has 1 aromatic heterocycles. The van der Waals surface area contributed by atoms with Crippen LogP contribution in [0, 0.1) is 0 Å². The predicted molar refractivity (Wildman–Crippen MR) is 126 cm³/mol. The summed E-state index contributed by atoms with van der Waals surface area (Å²) in [4.78, 5) is 17.1. The van der Waals surface area contributed by atoms with Crippen molar-refractivity contribution in [2.45, 2.75) is 69.8 Å². The maximum Gasteiger partial charge on any atom is 0.404 e. The van der Waals surface area contributed by atoms with Crippen molar-refractivity contribution in [2.75, 3.05) is 6.54 Å². The van der Waals surface area contributed by atoms with E-state index in [1.54, 1.807) is 25.8 Å². The summed E-state index contributed by atoms with van der Waals surface area (Å²) in [6.07, 6.45) is 7.99. The van der Waals surface area contributed by atoms with Crippen molar-refractivity contribution in [2.24, 2.45) is 5.73 Å². The minimum atomic E-state index is -0.713. The zero-order chi connectivity index (χ0) is 21.2. The number of nitrogens with two attached hydrogens (primary N) is 1. The van der Waals surface area contributed by atoms with Crippen LogP contribution in [0.2, 0.25) is 0 Å². The van der Waals surface area contributed by atoms with Crippen LogP contribution in [-0.4, -0.2) is 23.7 Å². The molecule has 3 N–H and O–H groups in total. The van der Waals surface area contributed by atoms with Crippen LogP contribution in [0.3, 0.4) is 0 Å². The molecule has 0 bridgehead atoms.